The summed E-state index contributed by atoms with van der Waals surface area (Å²) in [6, 6.07) is 0. The van der Waals surface area contributed by atoms with E-state index < -0.39 is 42.3 Å². The zero-order valence-corrected chi connectivity index (χ0v) is 21.0. The van der Waals surface area contributed by atoms with Gasteiger partial charge in [-0.3, -0.25) is 4.52 Å². The number of phosphoric acid groups is 3. The van der Waals surface area contributed by atoms with Crippen LogP contribution in [0.5, 0.6) is 0 Å². The van der Waals surface area contributed by atoms with Gasteiger partial charge in [-0.05, 0) is 13.8 Å². The molecule has 0 amide bonds. The Morgan fingerprint density at radius 2 is 1.50 bits per heavy atom. The Hall–Kier alpha value is -0.110. The first-order chi connectivity index (χ1) is 13.7. The van der Waals surface area contributed by atoms with Crippen LogP contribution in [-0.2, 0) is 31.6 Å². The molecule has 12 nitrogen and oxygen atoms in total. The van der Waals surface area contributed by atoms with E-state index in [2.05, 4.69) is 25.0 Å². The smallest absolute Gasteiger partial charge is 0.390 e. The standard InChI is InChI=1S/C6H15O12P3.C5H8.2C2H6/c1-4-2-5(7)6(16-4)3-15-20(11,12)18-21(13,14)17-19(8,9)10;1-3-5-4-2;2*1-2/h4-7H,2-3H2,1H3,(H,11,12)(H,13,14)(H2,8,9,10);3H2,1-2H3;2*1-2H3/t4-,5+,6+;;;/m0.../s1. The molecule has 1 aliphatic heterocycles. The molecule has 5 N–H and O–H groups in total. The fraction of sp³-hybridized carbons (Fsp3) is 0.867. The first kappa shape index (κ1) is 34.5. The van der Waals surface area contributed by atoms with E-state index in [1.54, 1.807) is 6.92 Å². The van der Waals surface area contributed by atoms with Crippen LogP contribution in [0.1, 0.15) is 61.3 Å². The normalized spacial score (nSPS) is 24.1. The van der Waals surface area contributed by atoms with Gasteiger partial charge in [0.25, 0.3) is 0 Å². The van der Waals surface area contributed by atoms with Crippen LogP contribution in [0.2, 0.25) is 0 Å². The molecule has 30 heavy (non-hydrogen) atoms. The van der Waals surface area contributed by atoms with Crippen molar-refractivity contribution in [1.82, 2.24) is 0 Å². The molecular weight excluding hydrogens is 465 g/mol. The molecule has 15 heteroatoms. The highest BCUT2D eigenvalue weighted by molar-refractivity contribution is 7.66. The van der Waals surface area contributed by atoms with E-state index >= 15 is 0 Å². The Morgan fingerprint density at radius 1 is 1.00 bits per heavy atom. The molecule has 0 saturated carbocycles. The molecule has 1 fully saturated rings. The molecule has 2 unspecified atom stereocenters. The monoisotopic (exact) mass is 500 g/mol. The first-order valence-electron chi connectivity index (χ1n) is 9.22. The van der Waals surface area contributed by atoms with E-state index in [0.29, 0.717) is 0 Å². The number of aliphatic hydroxyl groups is 1. The molecule has 1 aliphatic rings. The summed E-state index contributed by atoms with van der Waals surface area (Å²) < 4.78 is 49.3. The van der Waals surface area contributed by atoms with Gasteiger partial charge >= 0.3 is 23.5 Å². The highest BCUT2D eigenvalue weighted by Gasteiger charge is 2.42. The number of hydrogen-bond acceptors (Lipinski definition) is 8. The van der Waals surface area contributed by atoms with E-state index in [-0.39, 0.29) is 12.5 Å². The predicted octanol–water partition coefficient (Wildman–Crippen LogP) is 3.34. The van der Waals surface area contributed by atoms with Crippen molar-refractivity contribution in [3.8, 4) is 11.8 Å². The second-order valence-electron chi connectivity index (χ2n) is 4.96. The summed E-state index contributed by atoms with van der Waals surface area (Å²) in [5, 5.41) is 9.49. The largest absolute Gasteiger partial charge is 0.490 e. The fourth-order valence-corrected chi connectivity index (χ4v) is 4.76. The van der Waals surface area contributed by atoms with Crippen LogP contribution in [0.15, 0.2) is 0 Å². The van der Waals surface area contributed by atoms with Gasteiger partial charge in [-0.25, -0.2) is 13.7 Å². The Labute approximate surface area is 178 Å². The molecule has 0 aliphatic carbocycles. The Kier molecular flexibility index (Phi) is 20.1. The molecule has 1 heterocycles. The summed E-state index contributed by atoms with van der Waals surface area (Å²) in [5.41, 5.74) is 0. The lowest BCUT2D eigenvalue weighted by Gasteiger charge is -2.19. The second kappa shape index (κ2) is 17.4. The van der Waals surface area contributed by atoms with Crippen molar-refractivity contribution in [3.05, 3.63) is 0 Å². The van der Waals surface area contributed by atoms with Crippen molar-refractivity contribution in [1.29, 1.82) is 0 Å². The SMILES string of the molecule is CC.CC.CC#CCC.C[C@H]1C[C@@H](O)[C@@H](COP(=O)(O)OP(=O)(O)OP(=O)(O)O)O1. The number of ether oxygens (including phenoxy) is 1. The molecule has 182 valence electrons. The van der Waals surface area contributed by atoms with Crippen LogP contribution >= 0.6 is 23.5 Å². The molecule has 0 aromatic heterocycles. The summed E-state index contributed by atoms with van der Waals surface area (Å²) >= 11 is 0. The maximum absolute atomic E-state index is 11.4. The van der Waals surface area contributed by atoms with E-state index in [4.69, 9.17) is 24.3 Å². The quantitative estimate of drug-likeness (QED) is 0.254. The third kappa shape index (κ3) is 19.8. The highest BCUT2D eigenvalue weighted by Crippen LogP contribution is 2.66. The van der Waals surface area contributed by atoms with Crippen LogP contribution in [-0.4, -0.2) is 49.6 Å². The molecule has 0 aromatic rings. The third-order valence-corrected chi connectivity index (χ3v) is 6.38. The lowest BCUT2D eigenvalue weighted by molar-refractivity contribution is -0.0167. The Morgan fingerprint density at radius 3 is 1.80 bits per heavy atom. The van der Waals surface area contributed by atoms with Gasteiger partial charge < -0.3 is 29.4 Å². The molecule has 0 aromatic carbocycles. The van der Waals surface area contributed by atoms with Gasteiger partial charge in [-0.15, -0.1) is 11.8 Å². The number of aliphatic hydroxyl groups excluding tert-OH is 1. The first-order valence-corrected chi connectivity index (χ1v) is 13.7. The van der Waals surface area contributed by atoms with Crippen molar-refractivity contribution in [3.63, 3.8) is 0 Å². The van der Waals surface area contributed by atoms with Crippen LogP contribution < -0.4 is 0 Å². The predicted molar refractivity (Wildman–Crippen MR) is 111 cm³/mol. The zero-order chi connectivity index (χ0) is 24.6. The van der Waals surface area contributed by atoms with Gasteiger partial charge in [-0.2, -0.15) is 8.62 Å². The van der Waals surface area contributed by atoms with Crippen LogP contribution in [0.4, 0.5) is 0 Å². The topological polar surface area (TPSA) is 189 Å². The van der Waals surface area contributed by atoms with Crippen LogP contribution in [0, 0.1) is 11.8 Å². The van der Waals surface area contributed by atoms with E-state index in [9.17, 15) is 18.8 Å². The van der Waals surface area contributed by atoms with Gasteiger partial charge in [0.1, 0.15) is 6.10 Å². The van der Waals surface area contributed by atoms with E-state index in [1.807, 2.05) is 41.5 Å². The molecule has 1 rings (SSSR count). The Balaban J connectivity index is -0.000000692. The summed E-state index contributed by atoms with van der Waals surface area (Å²) in [6.07, 6.45) is -0.979. The third-order valence-electron chi connectivity index (χ3n) is 2.58. The van der Waals surface area contributed by atoms with Gasteiger partial charge in [0.05, 0.1) is 18.8 Å². The number of rotatable bonds is 7. The maximum Gasteiger partial charge on any atom is 0.490 e. The molecule has 0 radical (unpaired) electrons. The van der Waals surface area contributed by atoms with E-state index in [0.717, 1.165) is 6.42 Å². The van der Waals surface area contributed by atoms with Crippen molar-refractivity contribution in [2.45, 2.75) is 79.6 Å². The average molecular weight is 500 g/mol. The maximum atomic E-state index is 11.4. The second-order valence-corrected chi connectivity index (χ2v) is 9.38. The fourth-order valence-electron chi connectivity index (χ4n) is 1.73. The summed E-state index contributed by atoms with van der Waals surface area (Å²) in [7, 11) is -16.1. The van der Waals surface area contributed by atoms with Crippen molar-refractivity contribution in [2.24, 2.45) is 0 Å². The molecule has 1 saturated heterocycles. The van der Waals surface area contributed by atoms with Crippen molar-refractivity contribution in [2.75, 3.05) is 6.61 Å². The number of phosphoric ester groups is 1. The van der Waals surface area contributed by atoms with Crippen molar-refractivity contribution >= 4 is 23.5 Å². The summed E-state index contributed by atoms with van der Waals surface area (Å²) in [4.78, 5) is 34.7. The average Bonchev–Trinajstić information content (AvgIpc) is 2.92. The number of hydrogen-bond donors (Lipinski definition) is 5. The molecular formula is C15H35O12P3. The minimum Gasteiger partial charge on any atom is -0.390 e. The lowest BCUT2D eigenvalue weighted by atomic mass is 10.1. The zero-order valence-electron chi connectivity index (χ0n) is 18.3. The lowest BCUT2D eigenvalue weighted by Crippen LogP contribution is -2.26. The molecule has 0 bridgehead atoms. The van der Waals surface area contributed by atoms with Gasteiger partial charge in [0.15, 0.2) is 0 Å². The highest BCUT2D eigenvalue weighted by atomic mass is 31.3. The van der Waals surface area contributed by atoms with E-state index in [1.165, 1.54) is 0 Å². The molecule has 5 atom stereocenters. The Bertz CT molecular complexity index is 639. The minimum absolute atomic E-state index is 0.268. The van der Waals surface area contributed by atoms with Crippen LogP contribution in [0.3, 0.4) is 0 Å². The van der Waals surface area contributed by atoms with Crippen molar-refractivity contribution < 1.29 is 56.3 Å². The van der Waals surface area contributed by atoms with Gasteiger partial charge in [0.2, 0.25) is 0 Å². The van der Waals surface area contributed by atoms with Crippen LogP contribution in [0.25, 0.3) is 0 Å². The summed E-state index contributed by atoms with van der Waals surface area (Å²) in [5.74, 6) is 5.63. The molecule has 0 spiro atoms. The van der Waals surface area contributed by atoms with Gasteiger partial charge in [-0.1, -0.05) is 34.6 Å². The minimum atomic E-state index is -5.53. The van der Waals surface area contributed by atoms with Gasteiger partial charge in [0, 0.05) is 12.8 Å². The summed E-state index contributed by atoms with van der Waals surface area (Å²) in [6.45, 7) is 12.9.